The molecule has 0 bridgehead atoms. The Kier molecular flexibility index (Phi) is 3.00. The Morgan fingerprint density at radius 1 is 1.12 bits per heavy atom. The summed E-state index contributed by atoms with van der Waals surface area (Å²) in [6.07, 6.45) is 1.78. The van der Waals surface area contributed by atoms with Gasteiger partial charge in [0, 0.05) is 28.4 Å². The van der Waals surface area contributed by atoms with E-state index in [1.54, 1.807) is 18.3 Å². The van der Waals surface area contributed by atoms with Gasteiger partial charge in [0.2, 0.25) is 5.91 Å². The lowest BCUT2D eigenvalue weighted by molar-refractivity contribution is -0.119. The number of aromatic amines is 1. The highest BCUT2D eigenvalue weighted by Crippen LogP contribution is 2.37. The normalized spacial score (nSPS) is 15.2. The van der Waals surface area contributed by atoms with E-state index in [2.05, 4.69) is 15.6 Å². The summed E-state index contributed by atoms with van der Waals surface area (Å²) in [7, 11) is 0. The summed E-state index contributed by atoms with van der Waals surface area (Å²) in [6, 6.07) is 13.1. The molecule has 0 spiro atoms. The number of aromatic nitrogens is 1. The van der Waals surface area contributed by atoms with Crippen molar-refractivity contribution in [3.05, 3.63) is 59.8 Å². The second kappa shape index (κ2) is 4.96. The van der Waals surface area contributed by atoms with Crippen molar-refractivity contribution >= 4 is 34.1 Å². The van der Waals surface area contributed by atoms with E-state index in [-0.39, 0.29) is 11.8 Å². The van der Waals surface area contributed by atoms with Crippen molar-refractivity contribution in [3.8, 4) is 0 Å². The molecule has 5 nitrogen and oxygen atoms in total. The maximum atomic E-state index is 12.6. The third kappa shape index (κ3) is 2.09. The van der Waals surface area contributed by atoms with Crippen molar-refractivity contribution in [1.29, 1.82) is 0 Å². The molecule has 0 atom stereocenters. The molecular formula is C19H17N3O2. The fourth-order valence-electron chi connectivity index (χ4n) is 3.10. The maximum absolute atomic E-state index is 12.6. The highest BCUT2D eigenvalue weighted by atomic mass is 16.2. The van der Waals surface area contributed by atoms with Gasteiger partial charge in [-0.1, -0.05) is 24.3 Å². The first-order chi connectivity index (χ1) is 11.5. The van der Waals surface area contributed by atoms with Gasteiger partial charge in [0.15, 0.2) is 0 Å². The number of carbonyl (C=O) groups excluding carboxylic acids is 2. The van der Waals surface area contributed by atoms with Crippen LogP contribution in [-0.4, -0.2) is 16.8 Å². The summed E-state index contributed by atoms with van der Waals surface area (Å²) in [4.78, 5) is 27.7. The molecule has 1 aromatic heterocycles. The molecule has 5 heteroatoms. The zero-order valence-corrected chi connectivity index (χ0v) is 13.4. The molecule has 2 aromatic carbocycles. The molecule has 0 fully saturated rings. The van der Waals surface area contributed by atoms with Crippen molar-refractivity contribution in [2.75, 3.05) is 10.6 Å². The van der Waals surface area contributed by atoms with E-state index in [0.29, 0.717) is 11.3 Å². The summed E-state index contributed by atoms with van der Waals surface area (Å²) in [5, 5.41) is 6.73. The van der Waals surface area contributed by atoms with Crippen LogP contribution in [0.1, 0.15) is 29.8 Å². The Morgan fingerprint density at radius 3 is 2.75 bits per heavy atom. The van der Waals surface area contributed by atoms with Gasteiger partial charge in [-0.05, 0) is 37.6 Å². The Hall–Kier alpha value is -3.08. The molecule has 0 saturated heterocycles. The smallest absolute Gasteiger partial charge is 0.255 e. The van der Waals surface area contributed by atoms with Gasteiger partial charge in [-0.25, -0.2) is 0 Å². The maximum Gasteiger partial charge on any atom is 0.255 e. The molecular weight excluding hydrogens is 302 g/mol. The minimum absolute atomic E-state index is 0.0494. The van der Waals surface area contributed by atoms with E-state index in [0.717, 1.165) is 22.2 Å². The van der Waals surface area contributed by atoms with Crippen LogP contribution in [0.3, 0.4) is 0 Å². The van der Waals surface area contributed by atoms with Crippen molar-refractivity contribution in [3.63, 3.8) is 0 Å². The Balaban J connectivity index is 1.64. The van der Waals surface area contributed by atoms with Crippen LogP contribution in [0, 0.1) is 0 Å². The van der Waals surface area contributed by atoms with Crippen LogP contribution in [0.5, 0.6) is 0 Å². The minimum atomic E-state index is -0.568. The molecule has 2 amide bonds. The first-order valence-corrected chi connectivity index (χ1v) is 7.80. The molecule has 3 aromatic rings. The molecule has 2 heterocycles. The lowest BCUT2D eigenvalue weighted by atomic mass is 9.86. The number of para-hydroxylation sites is 1. The van der Waals surface area contributed by atoms with Gasteiger partial charge in [-0.2, -0.15) is 0 Å². The Morgan fingerprint density at radius 2 is 1.92 bits per heavy atom. The van der Waals surface area contributed by atoms with Crippen molar-refractivity contribution in [2.24, 2.45) is 0 Å². The van der Waals surface area contributed by atoms with Gasteiger partial charge in [0.1, 0.15) is 0 Å². The lowest BCUT2D eigenvalue weighted by Crippen LogP contribution is -2.26. The van der Waals surface area contributed by atoms with E-state index in [9.17, 15) is 9.59 Å². The predicted octanol–water partition coefficient (Wildman–Crippen LogP) is 3.65. The number of H-pyrrole nitrogens is 1. The lowest BCUT2D eigenvalue weighted by Gasteiger charge is -2.14. The van der Waals surface area contributed by atoms with Crippen molar-refractivity contribution < 1.29 is 9.59 Å². The molecule has 0 radical (unpaired) electrons. The zero-order valence-electron chi connectivity index (χ0n) is 13.4. The SMILES string of the molecule is CC1(C)C(=O)Nc2cc(C(=O)Nc3c[nH]c4ccccc34)ccc21. The monoisotopic (exact) mass is 319 g/mol. The second-order valence-electron chi connectivity index (χ2n) is 6.54. The van der Waals surface area contributed by atoms with Crippen LogP contribution in [0.4, 0.5) is 11.4 Å². The van der Waals surface area contributed by atoms with Crippen LogP contribution >= 0.6 is 0 Å². The molecule has 4 rings (SSSR count). The Bertz CT molecular complexity index is 985. The van der Waals surface area contributed by atoms with Crippen LogP contribution in [0.15, 0.2) is 48.7 Å². The van der Waals surface area contributed by atoms with Gasteiger partial charge in [-0.3, -0.25) is 9.59 Å². The van der Waals surface area contributed by atoms with Gasteiger partial charge >= 0.3 is 0 Å². The fourth-order valence-corrected chi connectivity index (χ4v) is 3.10. The number of carbonyl (C=O) groups is 2. The number of anilines is 2. The second-order valence-corrected chi connectivity index (χ2v) is 6.54. The molecule has 0 aliphatic carbocycles. The quantitative estimate of drug-likeness (QED) is 0.674. The predicted molar refractivity (Wildman–Crippen MR) is 94.3 cm³/mol. The van der Waals surface area contributed by atoms with E-state index in [1.165, 1.54) is 0 Å². The summed E-state index contributed by atoms with van der Waals surface area (Å²) < 4.78 is 0. The van der Waals surface area contributed by atoms with E-state index in [1.807, 2.05) is 44.2 Å². The van der Waals surface area contributed by atoms with E-state index < -0.39 is 5.41 Å². The average molecular weight is 319 g/mol. The molecule has 0 saturated carbocycles. The largest absolute Gasteiger partial charge is 0.359 e. The average Bonchev–Trinajstić information content (AvgIpc) is 3.07. The number of benzene rings is 2. The molecule has 1 aliphatic heterocycles. The number of amides is 2. The number of hydrogen-bond donors (Lipinski definition) is 3. The third-order valence-corrected chi connectivity index (χ3v) is 4.61. The fraction of sp³-hybridized carbons (Fsp3) is 0.158. The van der Waals surface area contributed by atoms with Crippen LogP contribution in [0.2, 0.25) is 0 Å². The number of rotatable bonds is 2. The summed E-state index contributed by atoms with van der Waals surface area (Å²) in [5.74, 6) is -0.256. The third-order valence-electron chi connectivity index (χ3n) is 4.61. The summed E-state index contributed by atoms with van der Waals surface area (Å²) >= 11 is 0. The first-order valence-electron chi connectivity index (χ1n) is 7.80. The first kappa shape index (κ1) is 14.5. The molecule has 24 heavy (non-hydrogen) atoms. The van der Waals surface area contributed by atoms with Crippen molar-refractivity contribution in [2.45, 2.75) is 19.3 Å². The highest BCUT2D eigenvalue weighted by molar-refractivity contribution is 6.11. The van der Waals surface area contributed by atoms with Crippen molar-refractivity contribution in [1.82, 2.24) is 4.98 Å². The number of hydrogen-bond acceptors (Lipinski definition) is 2. The van der Waals surface area contributed by atoms with Crippen LogP contribution in [0.25, 0.3) is 10.9 Å². The molecule has 120 valence electrons. The minimum Gasteiger partial charge on any atom is -0.359 e. The Labute approximate surface area is 139 Å². The number of nitrogens with one attached hydrogen (secondary N) is 3. The van der Waals surface area contributed by atoms with Gasteiger partial charge in [-0.15, -0.1) is 0 Å². The van der Waals surface area contributed by atoms with Gasteiger partial charge in [0.25, 0.3) is 5.91 Å². The molecule has 0 unspecified atom stereocenters. The zero-order chi connectivity index (χ0) is 16.9. The van der Waals surface area contributed by atoms with Gasteiger partial charge in [0.05, 0.1) is 11.1 Å². The van der Waals surface area contributed by atoms with Crippen LogP contribution in [-0.2, 0) is 10.2 Å². The van der Waals surface area contributed by atoms with Crippen LogP contribution < -0.4 is 10.6 Å². The molecule has 3 N–H and O–H groups in total. The molecule has 1 aliphatic rings. The number of fused-ring (bicyclic) bond motifs is 2. The standard InChI is InChI=1S/C19H17N3O2/c1-19(2)13-8-7-11(9-15(13)22-18(19)24)17(23)21-16-10-20-14-6-4-3-5-12(14)16/h3-10,20H,1-2H3,(H,21,23)(H,22,24). The topological polar surface area (TPSA) is 74.0 Å². The van der Waals surface area contributed by atoms with E-state index >= 15 is 0 Å². The summed E-state index contributed by atoms with van der Waals surface area (Å²) in [5.41, 5.74) is 3.27. The highest BCUT2D eigenvalue weighted by Gasteiger charge is 2.38. The van der Waals surface area contributed by atoms with E-state index in [4.69, 9.17) is 0 Å². The summed E-state index contributed by atoms with van der Waals surface area (Å²) in [6.45, 7) is 3.75. The van der Waals surface area contributed by atoms with Gasteiger partial charge < -0.3 is 15.6 Å².